The standard InChI is InChI=1S/C24H36N4O3.HI/c1-5-8-19-13-17(14-21(30-3)22(19)31-4)15-26-24(25-2)27-20-11-12-28(16-20)23(29)18-9-6-7-10-18;/h5,13-14,18,20H,1,6-12,15-16H2,2-4H3,(H2,25,26,27);1H. The molecule has 0 spiro atoms. The molecule has 7 nitrogen and oxygen atoms in total. The molecule has 1 aromatic rings. The van der Waals surface area contributed by atoms with Gasteiger partial charge in [-0.2, -0.15) is 0 Å². The number of methoxy groups -OCH3 is 2. The average molecular weight is 556 g/mol. The lowest BCUT2D eigenvalue weighted by molar-refractivity contribution is -0.134. The van der Waals surface area contributed by atoms with Gasteiger partial charge < -0.3 is 25.0 Å². The summed E-state index contributed by atoms with van der Waals surface area (Å²) >= 11 is 0. The van der Waals surface area contributed by atoms with E-state index in [4.69, 9.17) is 9.47 Å². The molecule has 1 aliphatic heterocycles. The molecule has 178 valence electrons. The van der Waals surface area contributed by atoms with Gasteiger partial charge in [0.2, 0.25) is 5.91 Å². The molecule has 1 atom stereocenters. The summed E-state index contributed by atoms with van der Waals surface area (Å²) in [6, 6.07) is 4.29. The molecule has 1 amide bonds. The summed E-state index contributed by atoms with van der Waals surface area (Å²) in [6.07, 6.45) is 7.98. The zero-order valence-corrected chi connectivity index (χ0v) is 21.8. The van der Waals surface area contributed by atoms with Crippen LogP contribution in [0.3, 0.4) is 0 Å². The number of guanidine groups is 1. The van der Waals surface area contributed by atoms with Crippen molar-refractivity contribution in [1.29, 1.82) is 0 Å². The molecule has 1 heterocycles. The maximum atomic E-state index is 12.7. The fourth-order valence-corrected chi connectivity index (χ4v) is 4.60. The highest BCUT2D eigenvalue weighted by molar-refractivity contribution is 14.0. The Morgan fingerprint density at radius 3 is 2.62 bits per heavy atom. The van der Waals surface area contributed by atoms with E-state index in [0.717, 1.165) is 55.2 Å². The predicted octanol–water partition coefficient (Wildman–Crippen LogP) is 3.51. The minimum absolute atomic E-state index is 0. The van der Waals surface area contributed by atoms with Crippen molar-refractivity contribution in [1.82, 2.24) is 15.5 Å². The molecular weight excluding hydrogens is 519 g/mol. The van der Waals surface area contributed by atoms with E-state index in [2.05, 4.69) is 28.3 Å². The van der Waals surface area contributed by atoms with Crippen LogP contribution in [-0.4, -0.2) is 57.2 Å². The molecule has 0 radical (unpaired) electrons. The largest absolute Gasteiger partial charge is 0.493 e. The number of carbonyl (C=O) groups is 1. The van der Waals surface area contributed by atoms with Crippen molar-refractivity contribution in [3.05, 3.63) is 35.9 Å². The highest BCUT2D eigenvalue weighted by Crippen LogP contribution is 2.33. The third kappa shape index (κ3) is 6.52. The maximum Gasteiger partial charge on any atom is 0.225 e. The maximum absolute atomic E-state index is 12.7. The lowest BCUT2D eigenvalue weighted by atomic mass is 10.1. The molecule has 1 unspecified atom stereocenters. The van der Waals surface area contributed by atoms with Gasteiger partial charge in [-0.05, 0) is 43.4 Å². The molecular formula is C24H37IN4O3. The number of amides is 1. The number of likely N-dealkylation sites (tertiary alicyclic amines) is 1. The fraction of sp³-hybridized carbons (Fsp3) is 0.583. The molecule has 0 aromatic heterocycles. The van der Waals surface area contributed by atoms with Crippen molar-refractivity contribution in [2.24, 2.45) is 10.9 Å². The molecule has 8 heteroatoms. The van der Waals surface area contributed by atoms with Gasteiger partial charge in [0.05, 0.1) is 14.2 Å². The first-order valence-corrected chi connectivity index (χ1v) is 11.2. The van der Waals surface area contributed by atoms with E-state index in [1.807, 2.05) is 17.0 Å². The van der Waals surface area contributed by atoms with E-state index in [-0.39, 0.29) is 35.9 Å². The number of carbonyl (C=O) groups excluding carboxylic acids is 1. The Bertz CT molecular complexity index is 809. The number of halogens is 1. The van der Waals surface area contributed by atoms with Crippen LogP contribution in [0.5, 0.6) is 11.5 Å². The molecule has 1 aliphatic carbocycles. The number of aliphatic imine (C=N–C) groups is 1. The van der Waals surface area contributed by atoms with Crippen molar-refractivity contribution < 1.29 is 14.3 Å². The smallest absolute Gasteiger partial charge is 0.225 e. The van der Waals surface area contributed by atoms with Crippen LogP contribution in [0.1, 0.15) is 43.2 Å². The highest BCUT2D eigenvalue weighted by atomic mass is 127. The lowest BCUT2D eigenvalue weighted by Gasteiger charge is -2.21. The summed E-state index contributed by atoms with van der Waals surface area (Å²) in [5, 5.41) is 6.86. The number of hydrogen-bond donors (Lipinski definition) is 2. The second-order valence-corrected chi connectivity index (χ2v) is 8.30. The molecule has 3 rings (SSSR count). The molecule has 1 saturated carbocycles. The zero-order valence-electron chi connectivity index (χ0n) is 19.5. The van der Waals surface area contributed by atoms with E-state index in [0.29, 0.717) is 24.6 Å². The number of nitrogens with one attached hydrogen (secondary N) is 2. The molecule has 2 N–H and O–H groups in total. The molecule has 2 fully saturated rings. The normalized spacial score (nSPS) is 18.8. The van der Waals surface area contributed by atoms with Crippen LogP contribution in [-0.2, 0) is 17.8 Å². The van der Waals surface area contributed by atoms with Gasteiger partial charge in [0.15, 0.2) is 17.5 Å². The van der Waals surface area contributed by atoms with Crippen LogP contribution in [0.25, 0.3) is 0 Å². The SMILES string of the molecule is C=CCc1cc(CNC(=NC)NC2CCN(C(=O)C3CCCC3)C2)cc(OC)c1OC.I. The summed E-state index contributed by atoms with van der Waals surface area (Å²) in [5.41, 5.74) is 2.11. The predicted molar refractivity (Wildman–Crippen MR) is 139 cm³/mol. The first kappa shape index (κ1) is 26.3. The number of rotatable bonds is 8. The first-order chi connectivity index (χ1) is 15.1. The Labute approximate surface area is 209 Å². The fourth-order valence-electron chi connectivity index (χ4n) is 4.60. The van der Waals surface area contributed by atoms with E-state index in [1.165, 1.54) is 12.8 Å². The van der Waals surface area contributed by atoms with Crippen LogP contribution < -0.4 is 20.1 Å². The van der Waals surface area contributed by atoms with Crippen LogP contribution in [0, 0.1) is 5.92 Å². The Morgan fingerprint density at radius 2 is 2.00 bits per heavy atom. The van der Waals surface area contributed by atoms with Crippen molar-refractivity contribution >= 4 is 35.8 Å². The topological polar surface area (TPSA) is 75.2 Å². The zero-order chi connectivity index (χ0) is 22.2. The molecule has 1 aromatic carbocycles. The Morgan fingerprint density at radius 1 is 1.25 bits per heavy atom. The quantitative estimate of drug-likeness (QED) is 0.222. The number of allylic oxidation sites excluding steroid dienone is 1. The van der Waals surface area contributed by atoms with Gasteiger partial charge in [-0.3, -0.25) is 9.79 Å². The van der Waals surface area contributed by atoms with E-state index < -0.39 is 0 Å². The van der Waals surface area contributed by atoms with Gasteiger partial charge in [0, 0.05) is 44.2 Å². The van der Waals surface area contributed by atoms with Crippen LogP contribution in [0.15, 0.2) is 29.8 Å². The second-order valence-electron chi connectivity index (χ2n) is 8.30. The summed E-state index contributed by atoms with van der Waals surface area (Å²) in [5.74, 6) is 2.76. The third-order valence-corrected chi connectivity index (χ3v) is 6.21. The van der Waals surface area contributed by atoms with Crippen molar-refractivity contribution in [3.8, 4) is 11.5 Å². The van der Waals surface area contributed by atoms with Gasteiger partial charge in [-0.1, -0.05) is 18.9 Å². The minimum atomic E-state index is 0. The average Bonchev–Trinajstić information content (AvgIpc) is 3.48. The van der Waals surface area contributed by atoms with Gasteiger partial charge in [-0.15, -0.1) is 30.6 Å². The van der Waals surface area contributed by atoms with E-state index >= 15 is 0 Å². The van der Waals surface area contributed by atoms with Gasteiger partial charge in [-0.25, -0.2) is 0 Å². The minimum Gasteiger partial charge on any atom is -0.493 e. The Kier molecular flexibility index (Phi) is 10.6. The molecule has 32 heavy (non-hydrogen) atoms. The monoisotopic (exact) mass is 556 g/mol. The highest BCUT2D eigenvalue weighted by Gasteiger charge is 2.32. The first-order valence-electron chi connectivity index (χ1n) is 11.2. The summed E-state index contributed by atoms with van der Waals surface area (Å²) in [6.45, 7) is 6.00. The van der Waals surface area contributed by atoms with E-state index in [9.17, 15) is 4.79 Å². The van der Waals surface area contributed by atoms with Crippen molar-refractivity contribution in [2.75, 3.05) is 34.4 Å². The van der Waals surface area contributed by atoms with Gasteiger partial charge in [0.25, 0.3) is 0 Å². The number of hydrogen-bond acceptors (Lipinski definition) is 4. The van der Waals surface area contributed by atoms with Crippen molar-refractivity contribution in [3.63, 3.8) is 0 Å². The molecule has 1 saturated heterocycles. The number of ether oxygens (including phenoxy) is 2. The second kappa shape index (κ2) is 12.9. The van der Waals surface area contributed by atoms with Crippen LogP contribution >= 0.6 is 24.0 Å². The summed E-state index contributed by atoms with van der Waals surface area (Å²) < 4.78 is 11.0. The van der Waals surface area contributed by atoms with Crippen LogP contribution in [0.2, 0.25) is 0 Å². The number of nitrogens with zero attached hydrogens (tertiary/aromatic N) is 2. The molecule has 2 aliphatic rings. The van der Waals surface area contributed by atoms with Gasteiger partial charge >= 0.3 is 0 Å². The Balaban J connectivity index is 0.00000363. The summed E-state index contributed by atoms with van der Waals surface area (Å²) in [7, 11) is 5.06. The Hall–Kier alpha value is -1.97. The summed E-state index contributed by atoms with van der Waals surface area (Å²) in [4.78, 5) is 19.1. The van der Waals surface area contributed by atoms with E-state index in [1.54, 1.807) is 21.3 Å². The van der Waals surface area contributed by atoms with Crippen LogP contribution in [0.4, 0.5) is 0 Å². The lowest BCUT2D eigenvalue weighted by Crippen LogP contribution is -2.45. The third-order valence-electron chi connectivity index (χ3n) is 6.21. The van der Waals surface area contributed by atoms with Crippen molar-refractivity contribution in [2.45, 2.75) is 51.1 Å². The van der Waals surface area contributed by atoms with Gasteiger partial charge in [0.1, 0.15) is 0 Å². The molecule has 0 bridgehead atoms. The number of benzene rings is 1.